The van der Waals surface area contributed by atoms with E-state index in [-0.39, 0.29) is 5.91 Å². The predicted octanol–water partition coefficient (Wildman–Crippen LogP) is 4.70. The first kappa shape index (κ1) is 15.4. The number of rotatable bonds is 3. The molecule has 3 aromatic rings. The number of aromatic nitrogens is 1. The van der Waals surface area contributed by atoms with E-state index in [9.17, 15) is 4.79 Å². The van der Waals surface area contributed by atoms with Crippen molar-refractivity contribution in [3.8, 4) is 5.75 Å². The van der Waals surface area contributed by atoms with E-state index in [1.54, 1.807) is 25.3 Å². The van der Waals surface area contributed by atoms with E-state index in [0.29, 0.717) is 22.2 Å². The van der Waals surface area contributed by atoms with E-state index in [0.717, 1.165) is 22.0 Å². The van der Waals surface area contributed by atoms with Gasteiger partial charge < -0.3 is 15.0 Å². The van der Waals surface area contributed by atoms with Crippen LogP contribution in [0.3, 0.4) is 0 Å². The van der Waals surface area contributed by atoms with Gasteiger partial charge in [0.05, 0.1) is 12.8 Å². The van der Waals surface area contributed by atoms with Crippen molar-refractivity contribution in [2.45, 2.75) is 13.8 Å². The van der Waals surface area contributed by atoms with Crippen molar-refractivity contribution in [1.29, 1.82) is 0 Å². The zero-order valence-corrected chi connectivity index (χ0v) is 13.9. The van der Waals surface area contributed by atoms with Gasteiger partial charge in [0, 0.05) is 15.9 Å². The van der Waals surface area contributed by atoms with Crippen molar-refractivity contribution in [3.63, 3.8) is 0 Å². The highest BCUT2D eigenvalue weighted by Gasteiger charge is 2.16. The highest BCUT2D eigenvalue weighted by molar-refractivity contribution is 6.31. The molecule has 0 atom stereocenters. The number of benzene rings is 2. The Bertz CT molecular complexity index is 899. The summed E-state index contributed by atoms with van der Waals surface area (Å²) in [6.07, 6.45) is 0. The van der Waals surface area contributed by atoms with Gasteiger partial charge in [-0.1, -0.05) is 23.7 Å². The number of carbonyl (C=O) groups is 1. The Morgan fingerprint density at radius 2 is 1.96 bits per heavy atom. The maximum Gasteiger partial charge on any atom is 0.272 e. The number of carbonyl (C=O) groups excluding carboxylic acids is 1. The second-order valence-electron chi connectivity index (χ2n) is 5.47. The van der Waals surface area contributed by atoms with E-state index in [1.807, 2.05) is 32.0 Å². The minimum atomic E-state index is -0.225. The Balaban J connectivity index is 1.98. The molecule has 2 N–H and O–H groups in total. The Labute approximate surface area is 139 Å². The van der Waals surface area contributed by atoms with E-state index in [4.69, 9.17) is 16.3 Å². The molecular weight excluding hydrogens is 312 g/mol. The van der Waals surface area contributed by atoms with Crippen LogP contribution < -0.4 is 10.1 Å². The van der Waals surface area contributed by atoms with Crippen LogP contribution in [0.1, 0.15) is 21.6 Å². The van der Waals surface area contributed by atoms with Gasteiger partial charge in [-0.2, -0.15) is 0 Å². The number of hydrogen-bond acceptors (Lipinski definition) is 2. The number of halogens is 1. The summed E-state index contributed by atoms with van der Waals surface area (Å²) in [5.41, 5.74) is 4.08. The molecule has 0 saturated heterocycles. The maximum absolute atomic E-state index is 12.6. The van der Waals surface area contributed by atoms with Gasteiger partial charge in [0.1, 0.15) is 11.4 Å². The molecule has 0 saturated carbocycles. The SMILES string of the molecule is COc1ccc(Cl)cc1NC(=O)c1[nH]c2cc(C)ccc2c1C. The number of fused-ring (bicyclic) bond motifs is 1. The topological polar surface area (TPSA) is 54.1 Å². The number of methoxy groups -OCH3 is 1. The van der Waals surface area contributed by atoms with Gasteiger partial charge in [-0.3, -0.25) is 4.79 Å². The highest BCUT2D eigenvalue weighted by Crippen LogP contribution is 2.29. The second-order valence-corrected chi connectivity index (χ2v) is 5.91. The summed E-state index contributed by atoms with van der Waals surface area (Å²) >= 11 is 6.00. The maximum atomic E-state index is 12.6. The third-order valence-electron chi connectivity index (χ3n) is 3.85. The highest BCUT2D eigenvalue weighted by atomic mass is 35.5. The molecule has 0 bridgehead atoms. The third-order valence-corrected chi connectivity index (χ3v) is 4.09. The smallest absolute Gasteiger partial charge is 0.272 e. The number of nitrogens with one attached hydrogen (secondary N) is 2. The van der Waals surface area contributed by atoms with Gasteiger partial charge >= 0.3 is 0 Å². The van der Waals surface area contributed by atoms with E-state index >= 15 is 0 Å². The number of hydrogen-bond donors (Lipinski definition) is 2. The van der Waals surface area contributed by atoms with E-state index in [1.165, 1.54) is 0 Å². The summed E-state index contributed by atoms with van der Waals surface area (Å²) in [4.78, 5) is 15.8. The fourth-order valence-electron chi connectivity index (χ4n) is 2.64. The molecule has 1 amide bonds. The normalized spacial score (nSPS) is 10.8. The fourth-order valence-corrected chi connectivity index (χ4v) is 2.81. The van der Waals surface area contributed by atoms with Crippen molar-refractivity contribution >= 4 is 34.1 Å². The second kappa shape index (κ2) is 5.97. The van der Waals surface area contributed by atoms with Crippen LogP contribution in [0.15, 0.2) is 36.4 Å². The van der Waals surface area contributed by atoms with Crippen molar-refractivity contribution in [2.75, 3.05) is 12.4 Å². The first-order valence-electron chi connectivity index (χ1n) is 7.23. The molecule has 0 aliphatic rings. The molecule has 0 radical (unpaired) electrons. The minimum Gasteiger partial charge on any atom is -0.495 e. The minimum absolute atomic E-state index is 0.225. The van der Waals surface area contributed by atoms with Gasteiger partial charge in [-0.25, -0.2) is 0 Å². The molecule has 3 rings (SSSR count). The first-order valence-corrected chi connectivity index (χ1v) is 7.61. The average molecular weight is 329 g/mol. The average Bonchev–Trinajstić information content (AvgIpc) is 2.84. The molecule has 4 nitrogen and oxygen atoms in total. The molecular formula is C18H17ClN2O2. The van der Waals surface area contributed by atoms with E-state index in [2.05, 4.69) is 10.3 Å². The zero-order chi connectivity index (χ0) is 16.6. The summed E-state index contributed by atoms with van der Waals surface area (Å²) in [7, 11) is 1.55. The van der Waals surface area contributed by atoms with Gasteiger partial charge in [-0.05, 0) is 49.2 Å². The molecule has 0 fully saturated rings. The van der Waals surface area contributed by atoms with Crippen LogP contribution in [-0.2, 0) is 0 Å². The predicted molar refractivity (Wildman–Crippen MR) is 93.7 cm³/mol. The third kappa shape index (κ3) is 2.90. The van der Waals surface area contributed by atoms with Crippen molar-refractivity contribution in [3.05, 3.63) is 58.2 Å². The summed E-state index contributed by atoms with van der Waals surface area (Å²) < 4.78 is 5.26. The van der Waals surface area contributed by atoms with Gasteiger partial charge in [0.25, 0.3) is 5.91 Å². The molecule has 23 heavy (non-hydrogen) atoms. The number of ether oxygens (including phenoxy) is 1. The number of anilines is 1. The molecule has 1 aromatic heterocycles. The van der Waals surface area contributed by atoms with Crippen LogP contribution in [-0.4, -0.2) is 18.0 Å². The number of amides is 1. The quantitative estimate of drug-likeness (QED) is 0.732. The van der Waals surface area contributed by atoms with Gasteiger partial charge in [-0.15, -0.1) is 0 Å². The lowest BCUT2D eigenvalue weighted by Gasteiger charge is -2.10. The lowest BCUT2D eigenvalue weighted by atomic mass is 10.1. The molecule has 0 spiro atoms. The summed E-state index contributed by atoms with van der Waals surface area (Å²) in [6.45, 7) is 3.95. The standard InChI is InChI=1S/C18H17ClN2O2/c1-10-4-6-13-11(2)17(20-14(13)8-10)18(22)21-15-9-12(19)5-7-16(15)23-3/h4-9,20H,1-3H3,(H,21,22). The summed E-state index contributed by atoms with van der Waals surface area (Å²) in [6, 6.07) is 11.2. The van der Waals surface area contributed by atoms with Crippen LogP contribution in [0.5, 0.6) is 5.75 Å². The number of aromatic amines is 1. The van der Waals surface area contributed by atoms with Crippen molar-refractivity contribution < 1.29 is 9.53 Å². The summed E-state index contributed by atoms with van der Waals surface area (Å²) in [5.74, 6) is 0.337. The number of aryl methyl sites for hydroxylation is 2. The monoisotopic (exact) mass is 328 g/mol. The molecule has 0 aliphatic carbocycles. The van der Waals surface area contributed by atoms with Gasteiger partial charge in [0.15, 0.2) is 0 Å². The van der Waals surface area contributed by atoms with Crippen molar-refractivity contribution in [2.24, 2.45) is 0 Å². The van der Waals surface area contributed by atoms with Crippen LogP contribution in [0.4, 0.5) is 5.69 Å². The van der Waals surface area contributed by atoms with Crippen LogP contribution in [0, 0.1) is 13.8 Å². The van der Waals surface area contributed by atoms with Crippen LogP contribution >= 0.6 is 11.6 Å². The first-order chi connectivity index (χ1) is 11.0. The summed E-state index contributed by atoms with van der Waals surface area (Å²) in [5, 5.41) is 4.43. The molecule has 2 aromatic carbocycles. The Morgan fingerprint density at radius 3 is 2.70 bits per heavy atom. The van der Waals surface area contributed by atoms with Gasteiger partial charge in [0.2, 0.25) is 0 Å². The Hall–Kier alpha value is -2.46. The molecule has 5 heteroatoms. The Morgan fingerprint density at radius 1 is 1.17 bits per heavy atom. The molecule has 1 heterocycles. The van der Waals surface area contributed by atoms with E-state index < -0.39 is 0 Å². The largest absolute Gasteiger partial charge is 0.495 e. The lowest BCUT2D eigenvalue weighted by Crippen LogP contribution is -2.14. The fraction of sp³-hybridized carbons (Fsp3) is 0.167. The zero-order valence-electron chi connectivity index (χ0n) is 13.2. The van der Waals surface area contributed by atoms with Crippen molar-refractivity contribution in [1.82, 2.24) is 4.98 Å². The van der Waals surface area contributed by atoms with Crippen LogP contribution in [0.25, 0.3) is 10.9 Å². The lowest BCUT2D eigenvalue weighted by molar-refractivity contribution is 0.102. The molecule has 0 aliphatic heterocycles. The number of H-pyrrole nitrogens is 1. The molecule has 118 valence electrons. The van der Waals surface area contributed by atoms with Crippen LogP contribution in [0.2, 0.25) is 5.02 Å². The Kier molecular flexibility index (Phi) is 4.01. The molecule has 0 unspecified atom stereocenters.